The second-order valence-electron chi connectivity index (χ2n) is 3.59. The average Bonchev–Trinajstić information content (AvgIpc) is 2.69. The molecular weight excluding hydrogens is 195 g/mol. The first-order valence-corrected chi connectivity index (χ1v) is 4.71. The molecular formula is C10H11FN4. The number of rotatable bonds is 2. The normalized spacial score (nSPS) is 10.9. The zero-order chi connectivity index (χ0) is 10.8. The van der Waals surface area contributed by atoms with Crippen molar-refractivity contribution >= 4 is 0 Å². The molecule has 4 nitrogen and oxygen atoms in total. The predicted octanol–water partition coefficient (Wildman–Crippen LogP) is 1.92. The highest BCUT2D eigenvalue weighted by Gasteiger charge is 2.08. The lowest BCUT2D eigenvalue weighted by molar-refractivity contribution is 0.593. The average molecular weight is 206 g/mol. The number of halogens is 1. The number of hydrogen-bond donors (Lipinski definition) is 0. The zero-order valence-corrected chi connectivity index (χ0v) is 8.55. The summed E-state index contributed by atoms with van der Waals surface area (Å²) >= 11 is 0. The van der Waals surface area contributed by atoms with E-state index in [1.165, 1.54) is 17.2 Å². The lowest BCUT2D eigenvalue weighted by Gasteiger charge is -2.07. The van der Waals surface area contributed by atoms with Crippen molar-refractivity contribution < 1.29 is 4.39 Å². The standard InChI is InChI=1S/C10H11FN4/c1-7(2)9-4-3-8(5-10(9)11)15-13-6-12-14-15/h3-7H,1-2H3. The Morgan fingerprint density at radius 2 is 2.13 bits per heavy atom. The molecule has 1 aromatic heterocycles. The van der Waals surface area contributed by atoms with E-state index in [2.05, 4.69) is 15.4 Å². The molecule has 15 heavy (non-hydrogen) atoms. The maximum absolute atomic E-state index is 13.6. The van der Waals surface area contributed by atoms with Crippen LogP contribution in [-0.2, 0) is 0 Å². The van der Waals surface area contributed by atoms with Gasteiger partial charge in [0.2, 0.25) is 0 Å². The number of benzene rings is 1. The van der Waals surface area contributed by atoms with E-state index in [0.717, 1.165) is 0 Å². The third-order valence-corrected chi connectivity index (χ3v) is 2.19. The summed E-state index contributed by atoms with van der Waals surface area (Å²) in [5, 5.41) is 11.1. The first-order valence-electron chi connectivity index (χ1n) is 4.71. The van der Waals surface area contributed by atoms with Crippen LogP contribution >= 0.6 is 0 Å². The van der Waals surface area contributed by atoms with Crippen LogP contribution in [0.2, 0.25) is 0 Å². The molecule has 0 atom stereocenters. The van der Waals surface area contributed by atoms with Gasteiger partial charge in [-0.3, -0.25) is 0 Å². The van der Waals surface area contributed by atoms with Crippen molar-refractivity contribution in [2.45, 2.75) is 19.8 Å². The van der Waals surface area contributed by atoms with Gasteiger partial charge in [0, 0.05) is 6.07 Å². The molecule has 5 heteroatoms. The van der Waals surface area contributed by atoms with E-state index < -0.39 is 0 Å². The van der Waals surface area contributed by atoms with E-state index in [-0.39, 0.29) is 11.7 Å². The minimum Gasteiger partial charge on any atom is -0.207 e. The van der Waals surface area contributed by atoms with Crippen molar-refractivity contribution in [1.82, 2.24) is 20.2 Å². The Bertz CT molecular complexity index is 450. The fourth-order valence-corrected chi connectivity index (χ4v) is 1.39. The predicted molar refractivity (Wildman–Crippen MR) is 53.2 cm³/mol. The van der Waals surface area contributed by atoms with E-state index in [1.807, 2.05) is 13.8 Å². The largest absolute Gasteiger partial charge is 0.207 e. The monoisotopic (exact) mass is 206 g/mol. The maximum atomic E-state index is 13.6. The Morgan fingerprint density at radius 3 is 2.67 bits per heavy atom. The third kappa shape index (κ3) is 1.86. The first-order chi connectivity index (χ1) is 7.18. The first kappa shape index (κ1) is 9.76. The smallest absolute Gasteiger partial charge is 0.162 e. The second-order valence-corrected chi connectivity index (χ2v) is 3.59. The van der Waals surface area contributed by atoms with E-state index >= 15 is 0 Å². The van der Waals surface area contributed by atoms with Crippen LogP contribution in [0.25, 0.3) is 5.69 Å². The van der Waals surface area contributed by atoms with Crippen LogP contribution < -0.4 is 0 Å². The minimum atomic E-state index is -0.236. The molecule has 2 aromatic rings. The molecule has 0 saturated heterocycles. The van der Waals surface area contributed by atoms with Gasteiger partial charge in [-0.25, -0.2) is 4.39 Å². The van der Waals surface area contributed by atoms with E-state index in [0.29, 0.717) is 11.3 Å². The number of aromatic nitrogens is 4. The van der Waals surface area contributed by atoms with Crippen LogP contribution in [-0.4, -0.2) is 20.2 Å². The molecule has 78 valence electrons. The Hall–Kier alpha value is -1.78. The zero-order valence-electron chi connectivity index (χ0n) is 8.55. The van der Waals surface area contributed by atoms with Crippen LogP contribution in [0.5, 0.6) is 0 Å². The van der Waals surface area contributed by atoms with Crippen LogP contribution in [0.15, 0.2) is 24.5 Å². The number of nitrogens with zero attached hydrogens (tertiary/aromatic N) is 4. The van der Waals surface area contributed by atoms with Gasteiger partial charge in [0.25, 0.3) is 0 Å². The minimum absolute atomic E-state index is 0.169. The fourth-order valence-electron chi connectivity index (χ4n) is 1.39. The van der Waals surface area contributed by atoms with Gasteiger partial charge in [-0.05, 0) is 22.8 Å². The van der Waals surface area contributed by atoms with Crippen molar-refractivity contribution in [3.63, 3.8) is 0 Å². The highest BCUT2D eigenvalue weighted by Crippen LogP contribution is 2.20. The molecule has 0 amide bonds. The summed E-state index contributed by atoms with van der Waals surface area (Å²) in [6.07, 6.45) is 1.31. The van der Waals surface area contributed by atoms with Crippen LogP contribution in [0.4, 0.5) is 4.39 Å². The van der Waals surface area contributed by atoms with Crippen LogP contribution in [0.3, 0.4) is 0 Å². The Morgan fingerprint density at radius 1 is 1.33 bits per heavy atom. The van der Waals surface area contributed by atoms with E-state index in [1.54, 1.807) is 12.1 Å². The SMILES string of the molecule is CC(C)c1ccc(-n2ncnn2)cc1F. The molecule has 0 aliphatic carbocycles. The summed E-state index contributed by atoms with van der Waals surface area (Å²) < 4.78 is 13.6. The van der Waals surface area contributed by atoms with Gasteiger partial charge < -0.3 is 0 Å². The van der Waals surface area contributed by atoms with Gasteiger partial charge in [0.15, 0.2) is 6.33 Å². The second kappa shape index (κ2) is 3.76. The molecule has 0 spiro atoms. The van der Waals surface area contributed by atoms with E-state index in [9.17, 15) is 4.39 Å². The molecule has 0 aliphatic rings. The Balaban J connectivity index is 2.42. The molecule has 0 radical (unpaired) electrons. The topological polar surface area (TPSA) is 43.6 Å². The summed E-state index contributed by atoms with van der Waals surface area (Å²) in [6, 6.07) is 4.94. The van der Waals surface area contributed by atoms with Gasteiger partial charge >= 0.3 is 0 Å². The van der Waals surface area contributed by atoms with Crippen molar-refractivity contribution in [2.24, 2.45) is 0 Å². The van der Waals surface area contributed by atoms with Crippen molar-refractivity contribution in [1.29, 1.82) is 0 Å². The van der Waals surface area contributed by atoms with Crippen molar-refractivity contribution in [3.8, 4) is 5.69 Å². The lowest BCUT2D eigenvalue weighted by atomic mass is 10.0. The molecule has 0 aliphatic heterocycles. The van der Waals surface area contributed by atoms with Crippen LogP contribution in [0, 0.1) is 5.82 Å². The van der Waals surface area contributed by atoms with Crippen molar-refractivity contribution in [3.05, 3.63) is 35.9 Å². The summed E-state index contributed by atoms with van der Waals surface area (Å²) in [7, 11) is 0. The molecule has 0 unspecified atom stereocenters. The fraction of sp³-hybridized carbons (Fsp3) is 0.300. The Kier molecular flexibility index (Phi) is 2.45. The highest BCUT2D eigenvalue weighted by molar-refractivity contribution is 5.34. The number of hydrogen-bond acceptors (Lipinski definition) is 3. The molecule has 0 bridgehead atoms. The van der Waals surface area contributed by atoms with Gasteiger partial charge in [-0.2, -0.15) is 0 Å². The lowest BCUT2D eigenvalue weighted by Crippen LogP contribution is -2.01. The summed E-state index contributed by atoms with van der Waals surface area (Å²) in [5.41, 5.74) is 1.27. The number of tetrazole rings is 1. The summed E-state index contributed by atoms with van der Waals surface area (Å²) in [4.78, 5) is 1.28. The molecule has 1 aromatic carbocycles. The van der Waals surface area contributed by atoms with Gasteiger partial charge in [0.1, 0.15) is 5.82 Å². The van der Waals surface area contributed by atoms with Gasteiger partial charge in [-0.15, -0.1) is 15.0 Å². The third-order valence-electron chi connectivity index (χ3n) is 2.19. The van der Waals surface area contributed by atoms with E-state index in [4.69, 9.17) is 0 Å². The molecule has 0 saturated carbocycles. The summed E-state index contributed by atoms with van der Waals surface area (Å²) in [6.45, 7) is 3.90. The summed E-state index contributed by atoms with van der Waals surface area (Å²) in [5.74, 6) is -0.0671. The highest BCUT2D eigenvalue weighted by atomic mass is 19.1. The molecule has 2 rings (SSSR count). The molecule has 1 heterocycles. The Labute approximate surface area is 86.7 Å². The van der Waals surface area contributed by atoms with Gasteiger partial charge in [0.05, 0.1) is 5.69 Å². The molecule has 0 N–H and O–H groups in total. The molecule has 0 fully saturated rings. The van der Waals surface area contributed by atoms with Crippen molar-refractivity contribution in [2.75, 3.05) is 0 Å². The quantitative estimate of drug-likeness (QED) is 0.754. The van der Waals surface area contributed by atoms with Gasteiger partial charge in [-0.1, -0.05) is 19.9 Å². The maximum Gasteiger partial charge on any atom is 0.162 e. The van der Waals surface area contributed by atoms with Crippen LogP contribution in [0.1, 0.15) is 25.3 Å².